The molecule has 1 heterocycles. The van der Waals surface area contributed by atoms with Crippen LogP contribution >= 0.6 is 0 Å². The average molecular weight is 728 g/mol. The third-order valence-corrected chi connectivity index (χ3v) is 11.3. The summed E-state index contributed by atoms with van der Waals surface area (Å²) >= 11 is 0. The molecule has 0 saturated heterocycles. The molecule has 0 aliphatic heterocycles. The number of para-hydroxylation sites is 3. The van der Waals surface area contributed by atoms with E-state index in [0.29, 0.717) is 6.54 Å². The Labute approximate surface area is 332 Å². The van der Waals surface area contributed by atoms with E-state index in [-0.39, 0.29) is 5.41 Å². The Morgan fingerprint density at radius 1 is 0.661 bits per heavy atom. The van der Waals surface area contributed by atoms with Gasteiger partial charge in [0.25, 0.3) is 0 Å². The van der Waals surface area contributed by atoms with Gasteiger partial charge in [-0.15, -0.1) is 0 Å². The second-order valence-corrected chi connectivity index (χ2v) is 15.1. The molecule has 0 saturated carbocycles. The van der Waals surface area contributed by atoms with Gasteiger partial charge in [-0.25, -0.2) is 0 Å². The summed E-state index contributed by atoms with van der Waals surface area (Å²) in [6.07, 6.45) is 11.0. The molecular formula is C53H49N3. The standard InChI is InChI=1S/C53H49N3/c1-7-20-49-39(4)48-35-44(32-34-50(48)53(49,5)6)55(41(8-2)30-29-38(3)54(42-23-14-10-15-24-42)37-40-21-12-9-13-22-40)45-31-33-47-46-27-18-19-28-51(46)56(52(47)36-45)43-25-16-11-17-26-43/h7-36H,3,37H2,1-2,4-6H3/b20-7-,30-29-,41-8+. The predicted molar refractivity (Wildman–Crippen MR) is 241 cm³/mol. The van der Waals surface area contributed by atoms with E-state index in [1.54, 1.807) is 0 Å². The monoisotopic (exact) mass is 727 g/mol. The van der Waals surface area contributed by atoms with Gasteiger partial charge < -0.3 is 14.4 Å². The number of benzene rings is 6. The molecule has 1 aliphatic carbocycles. The molecular weight excluding hydrogens is 679 g/mol. The normalized spacial score (nSPS) is 14.0. The number of hydrogen-bond acceptors (Lipinski definition) is 2. The molecule has 8 rings (SSSR count). The Kier molecular flexibility index (Phi) is 9.93. The van der Waals surface area contributed by atoms with Crippen LogP contribution in [-0.4, -0.2) is 4.57 Å². The van der Waals surface area contributed by atoms with Crippen LogP contribution in [0.3, 0.4) is 0 Å². The molecule has 7 aromatic rings. The minimum Gasteiger partial charge on any atom is -0.338 e. The van der Waals surface area contributed by atoms with Gasteiger partial charge in [-0.2, -0.15) is 0 Å². The molecule has 1 aromatic heterocycles. The Balaban J connectivity index is 1.28. The zero-order valence-electron chi connectivity index (χ0n) is 33.1. The first-order chi connectivity index (χ1) is 27.3. The lowest BCUT2D eigenvalue weighted by Gasteiger charge is -2.29. The Bertz CT molecular complexity index is 2670. The fourth-order valence-electron chi connectivity index (χ4n) is 8.49. The topological polar surface area (TPSA) is 11.4 Å². The van der Waals surface area contributed by atoms with Crippen LogP contribution in [0, 0.1) is 0 Å². The Morgan fingerprint density at radius 3 is 2.00 bits per heavy atom. The minimum absolute atomic E-state index is 0.0778. The van der Waals surface area contributed by atoms with Crippen molar-refractivity contribution in [2.75, 3.05) is 9.80 Å². The molecule has 0 atom stereocenters. The lowest BCUT2D eigenvalue weighted by molar-refractivity contribution is 0.654. The summed E-state index contributed by atoms with van der Waals surface area (Å²) in [5.74, 6) is 0. The number of rotatable bonds is 11. The number of aromatic nitrogens is 1. The molecule has 0 N–H and O–H groups in total. The maximum atomic E-state index is 4.63. The van der Waals surface area contributed by atoms with Crippen molar-refractivity contribution in [2.45, 2.75) is 46.6 Å². The van der Waals surface area contributed by atoms with Gasteiger partial charge in [-0.3, -0.25) is 0 Å². The summed E-state index contributed by atoms with van der Waals surface area (Å²) in [6, 6.07) is 54.4. The lowest BCUT2D eigenvalue weighted by atomic mass is 9.81. The highest BCUT2D eigenvalue weighted by Gasteiger charge is 2.35. The highest BCUT2D eigenvalue weighted by Crippen LogP contribution is 2.49. The molecule has 56 heavy (non-hydrogen) atoms. The van der Waals surface area contributed by atoms with Gasteiger partial charge in [0.05, 0.1) is 11.0 Å². The second kappa shape index (κ2) is 15.3. The third-order valence-electron chi connectivity index (χ3n) is 11.3. The first-order valence-corrected chi connectivity index (χ1v) is 19.6. The van der Waals surface area contributed by atoms with E-state index < -0.39 is 0 Å². The van der Waals surface area contributed by atoms with E-state index in [1.165, 1.54) is 44.1 Å². The van der Waals surface area contributed by atoms with Gasteiger partial charge in [0.15, 0.2) is 0 Å². The van der Waals surface area contributed by atoms with Gasteiger partial charge in [0, 0.05) is 56.9 Å². The summed E-state index contributed by atoms with van der Waals surface area (Å²) in [5, 5.41) is 2.47. The van der Waals surface area contributed by atoms with Gasteiger partial charge in [0.2, 0.25) is 0 Å². The van der Waals surface area contributed by atoms with Gasteiger partial charge in [-0.05, 0) is 115 Å². The van der Waals surface area contributed by atoms with Crippen molar-refractivity contribution in [3.63, 3.8) is 0 Å². The van der Waals surface area contributed by atoms with E-state index >= 15 is 0 Å². The molecule has 0 unspecified atom stereocenters. The maximum Gasteiger partial charge on any atom is 0.0561 e. The number of anilines is 3. The molecule has 0 amide bonds. The summed E-state index contributed by atoms with van der Waals surface area (Å²) in [7, 11) is 0. The van der Waals surface area contributed by atoms with Crippen molar-refractivity contribution < 1.29 is 0 Å². The van der Waals surface area contributed by atoms with Crippen molar-refractivity contribution in [3.05, 3.63) is 222 Å². The SMILES string of the molecule is C=C(/C=C\C(=C/C)N(c1ccc2c(c1)C(C)=C(/C=C\C)C2(C)C)c1ccc2c3ccccc3n(-c3ccccc3)c2c1)N(Cc1ccccc1)c1ccccc1. The molecule has 0 fully saturated rings. The Hall–Kier alpha value is -6.58. The largest absolute Gasteiger partial charge is 0.338 e. The summed E-state index contributed by atoms with van der Waals surface area (Å²) in [5.41, 5.74) is 15.2. The predicted octanol–water partition coefficient (Wildman–Crippen LogP) is 14.2. The van der Waals surface area contributed by atoms with Crippen LogP contribution in [0.1, 0.15) is 51.3 Å². The second-order valence-electron chi connectivity index (χ2n) is 15.1. The molecule has 3 heteroatoms. The molecule has 0 radical (unpaired) electrons. The zero-order chi connectivity index (χ0) is 38.8. The van der Waals surface area contributed by atoms with E-state index in [9.17, 15) is 0 Å². The first-order valence-electron chi connectivity index (χ1n) is 19.6. The quantitative estimate of drug-likeness (QED) is 0.123. The van der Waals surface area contributed by atoms with E-state index in [0.717, 1.165) is 39.7 Å². The number of hydrogen-bond donors (Lipinski definition) is 0. The van der Waals surface area contributed by atoms with Crippen LogP contribution in [0.2, 0.25) is 0 Å². The van der Waals surface area contributed by atoms with Crippen LogP contribution in [0.4, 0.5) is 17.1 Å². The fraction of sp³-hybridized carbons (Fsp3) is 0.132. The summed E-state index contributed by atoms with van der Waals surface area (Å²) < 4.78 is 2.39. The van der Waals surface area contributed by atoms with Crippen molar-refractivity contribution in [3.8, 4) is 5.69 Å². The number of fused-ring (bicyclic) bond motifs is 4. The van der Waals surface area contributed by atoms with Crippen LogP contribution in [-0.2, 0) is 12.0 Å². The first kappa shape index (κ1) is 36.4. The van der Waals surface area contributed by atoms with E-state index in [1.807, 2.05) is 0 Å². The van der Waals surface area contributed by atoms with Crippen molar-refractivity contribution in [2.24, 2.45) is 0 Å². The van der Waals surface area contributed by atoms with Crippen molar-refractivity contribution >= 4 is 44.4 Å². The molecule has 276 valence electrons. The van der Waals surface area contributed by atoms with Gasteiger partial charge in [0.1, 0.15) is 0 Å². The van der Waals surface area contributed by atoms with Crippen LogP contribution in [0.15, 0.2) is 206 Å². The van der Waals surface area contributed by atoms with Crippen LogP contribution in [0.25, 0.3) is 33.1 Å². The molecule has 0 bridgehead atoms. The minimum atomic E-state index is -0.0778. The summed E-state index contributed by atoms with van der Waals surface area (Å²) in [4.78, 5) is 4.68. The highest BCUT2D eigenvalue weighted by atomic mass is 15.2. The van der Waals surface area contributed by atoms with E-state index in [4.69, 9.17) is 0 Å². The summed E-state index contributed by atoms with van der Waals surface area (Å²) in [6.45, 7) is 16.5. The highest BCUT2D eigenvalue weighted by molar-refractivity contribution is 6.10. The van der Waals surface area contributed by atoms with Crippen LogP contribution < -0.4 is 9.80 Å². The molecule has 3 nitrogen and oxygen atoms in total. The lowest BCUT2D eigenvalue weighted by Crippen LogP contribution is -2.21. The zero-order valence-corrected chi connectivity index (χ0v) is 33.1. The number of nitrogens with zero attached hydrogens (tertiary/aromatic N) is 3. The smallest absolute Gasteiger partial charge is 0.0561 e. The fourth-order valence-corrected chi connectivity index (χ4v) is 8.49. The maximum absolute atomic E-state index is 4.63. The Morgan fingerprint density at radius 2 is 1.29 bits per heavy atom. The van der Waals surface area contributed by atoms with Crippen molar-refractivity contribution in [1.29, 1.82) is 0 Å². The van der Waals surface area contributed by atoms with Gasteiger partial charge >= 0.3 is 0 Å². The molecule has 1 aliphatic rings. The average Bonchev–Trinajstić information content (AvgIpc) is 3.66. The van der Waals surface area contributed by atoms with Crippen molar-refractivity contribution in [1.82, 2.24) is 4.57 Å². The number of allylic oxidation sites excluding steroid dienone is 7. The van der Waals surface area contributed by atoms with Gasteiger partial charge in [-0.1, -0.05) is 136 Å². The molecule has 0 spiro atoms. The third kappa shape index (κ3) is 6.60. The van der Waals surface area contributed by atoms with Crippen LogP contribution in [0.5, 0.6) is 0 Å². The van der Waals surface area contributed by atoms with E-state index in [2.05, 4.69) is 238 Å². The molecule has 6 aromatic carbocycles.